The van der Waals surface area contributed by atoms with Crippen LogP contribution in [0.2, 0.25) is 0 Å². The molecule has 0 spiro atoms. The predicted molar refractivity (Wildman–Crippen MR) is 85.4 cm³/mol. The monoisotopic (exact) mass is 400 g/mol. The lowest BCUT2D eigenvalue weighted by atomic mass is 10.1. The highest BCUT2D eigenvalue weighted by atomic mass is 127. The first-order valence-corrected chi connectivity index (χ1v) is 7.02. The molecule has 0 radical (unpaired) electrons. The number of halogens is 1. The third-order valence-electron chi connectivity index (χ3n) is 2.80. The van der Waals surface area contributed by atoms with Crippen molar-refractivity contribution >= 4 is 34.2 Å². The number of phenolic OH excluding ortho intramolecular Hbond substituents is 2. The number of carbonyl (C=O) groups excluding carboxylic acids is 1. The Kier molecular flexibility index (Phi) is 4.46. The summed E-state index contributed by atoms with van der Waals surface area (Å²) < 4.78 is 2.16. The summed E-state index contributed by atoms with van der Waals surface area (Å²) >= 11 is 2.01. The number of nitrogens with one attached hydrogen (secondary N) is 1. The maximum Gasteiger partial charge on any atom is 0.290 e. The van der Waals surface area contributed by atoms with Crippen molar-refractivity contribution in [1.29, 1.82) is 0 Å². The van der Waals surface area contributed by atoms with Crippen LogP contribution in [-0.2, 0) is 7.05 Å². The van der Waals surface area contributed by atoms with Crippen molar-refractivity contribution in [3.63, 3.8) is 0 Å². The van der Waals surface area contributed by atoms with Gasteiger partial charge in [0, 0.05) is 12.6 Å². The fraction of sp³-hybridized carbons (Fsp3) is 0.154. The van der Waals surface area contributed by atoms with Crippen molar-refractivity contribution < 1.29 is 15.0 Å². The molecule has 0 atom stereocenters. The number of amides is 1. The number of aromatic nitrogens is 2. The smallest absolute Gasteiger partial charge is 0.290 e. The number of aryl methyl sites for hydroxylation is 1. The molecule has 0 bridgehead atoms. The molecule has 0 saturated carbocycles. The normalized spacial score (nSPS) is 11.5. The van der Waals surface area contributed by atoms with Gasteiger partial charge in [0.1, 0.15) is 17.2 Å². The third-order valence-corrected chi connectivity index (χ3v) is 3.59. The average molecular weight is 400 g/mol. The Balaban J connectivity index is 2.21. The highest BCUT2D eigenvalue weighted by Crippen LogP contribution is 2.22. The summed E-state index contributed by atoms with van der Waals surface area (Å²) in [6.45, 7) is 1.61. The Morgan fingerprint density at radius 3 is 2.76 bits per heavy atom. The number of aromatic hydroxyl groups is 2. The van der Waals surface area contributed by atoms with Gasteiger partial charge in [-0.3, -0.25) is 9.48 Å². The van der Waals surface area contributed by atoms with E-state index in [1.807, 2.05) is 22.6 Å². The van der Waals surface area contributed by atoms with Crippen LogP contribution in [-0.4, -0.2) is 31.6 Å². The number of hydrazone groups is 1. The van der Waals surface area contributed by atoms with E-state index in [0.29, 0.717) is 20.5 Å². The molecule has 3 N–H and O–H groups in total. The number of phenols is 2. The van der Waals surface area contributed by atoms with Crippen LogP contribution in [0.1, 0.15) is 23.0 Å². The molecule has 2 aromatic rings. The van der Waals surface area contributed by atoms with E-state index < -0.39 is 5.91 Å². The van der Waals surface area contributed by atoms with E-state index in [9.17, 15) is 15.0 Å². The van der Waals surface area contributed by atoms with Crippen molar-refractivity contribution in [2.45, 2.75) is 6.92 Å². The molecule has 7 nitrogen and oxygen atoms in total. The molecule has 21 heavy (non-hydrogen) atoms. The van der Waals surface area contributed by atoms with Crippen molar-refractivity contribution in [1.82, 2.24) is 15.2 Å². The first-order valence-electron chi connectivity index (χ1n) is 5.94. The van der Waals surface area contributed by atoms with Gasteiger partial charge in [0.05, 0.1) is 15.5 Å². The second-order valence-electron chi connectivity index (χ2n) is 4.30. The van der Waals surface area contributed by atoms with Crippen LogP contribution in [0.5, 0.6) is 11.5 Å². The number of hydrogen-bond acceptors (Lipinski definition) is 5. The van der Waals surface area contributed by atoms with Crippen molar-refractivity contribution in [2.24, 2.45) is 12.1 Å². The standard InChI is InChI=1S/C13H13IN4O3/c1-7(9-5-8(19)3-4-11(9)20)16-17-13(21)12-10(14)6-15-18(12)2/h3-6,19-20H,1-2H3,(H,17,21). The number of nitrogens with zero attached hydrogens (tertiary/aromatic N) is 3. The first kappa shape index (κ1) is 15.3. The molecule has 1 aromatic heterocycles. The van der Waals surface area contributed by atoms with E-state index in [-0.39, 0.29) is 11.5 Å². The molecule has 0 aliphatic heterocycles. The van der Waals surface area contributed by atoms with Gasteiger partial charge in [0.25, 0.3) is 5.91 Å². The van der Waals surface area contributed by atoms with Gasteiger partial charge in [0.2, 0.25) is 0 Å². The fourth-order valence-corrected chi connectivity index (χ4v) is 2.45. The summed E-state index contributed by atoms with van der Waals surface area (Å²) in [5.74, 6) is -0.429. The highest BCUT2D eigenvalue weighted by Gasteiger charge is 2.15. The van der Waals surface area contributed by atoms with Gasteiger partial charge in [-0.05, 0) is 47.7 Å². The SMILES string of the molecule is CC(=NNC(=O)c1c(I)cnn1C)c1cc(O)ccc1O. The Labute approximate surface area is 134 Å². The number of hydrogen-bond donors (Lipinski definition) is 3. The maximum atomic E-state index is 12.0. The maximum absolute atomic E-state index is 12.0. The molecular weight excluding hydrogens is 387 g/mol. The fourth-order valence-electron chi connectivity index (χ4n) is 1.73. The zero-order valence-electron chi connectivity index (χ0n) is 11.3. The lowest BCUT2D eigenvalue weighted by Gasteiger charge is -2.06. The van der Waals surface area contributed by atoms with E-state index in [4.69, 9.17) is 0 Å². The largest absolute Gasteiger partial charge is 0.508 e. The number of rotatable bonds is 3. The summed E-state index contributed by atoms with van der Waals surface area (Å²) in [4.78, 5) is 12.0. The zero-order chi connectivity index (χ0) is 15.6. The van der Waals surface area contributed by atoms with Crippen LogP contribution in [0.3, 0.4) is 0 Å². The lowest BCUT2D eigenvalue weighted by molar-refractivity contribution is 0.0944. The predicted octanol–water partition coefficient (Wildman–Crippen LogP) is 1.59. The van der Waals surface area contributed by atoms with Gasteiger partial charge in [-0.1, -0.05) is 0 Å². The number of benzene rings is 1. The average Bonchev–Trinajstić information content (AvgIpc) is 2.78. The minimum Gasteiger partial charge on any atom is -0.508 e. The molecule has 0 aliphatic rings. The summed E-state index contributed by atoms with van der Waals surface area (Å²) in [7, 11) is 1.66. The highest BCUT2D eigenvalue weighted by molar-refractivity contribution is 14.1. The van der Waals surface area contributed by atoms with E-state index in [2.05, 4.69) is 15.6 Å². The summed E-state index contributed by atoms with van der Waals surface area (Å²) in [6, 6.07) is 4.09. The van der Waals surface area contributed by atoms with Crippen molar-refractivity contribution in [2.75, 3.05) is 0 Å². The van der Waals surface area contributed by atoms with Gasteiger partial charge >= 0.3 is 0 Å². The zero-order valence-corrected chi connectivity index (χ0v) is 13.5. The van der Waals surface area contributed by atoms with E-state index >= 15 is 0 Å². The minimum absolute atomic E-state index is 0.00450. The second kappa shape index (κ2) is 6.12. The summed E-state index contributed by atoms with van der Waals surface area (Å²) in [5.41, 5.74) is 3.51. The summed E-state index contributed by atoms with van der Waals surface area (Å²) in [6.07, 6.45) is 1.58. The molecular formula is C13H13IN4O3. The summed E-state index contributed by atoms with van der Waals surface area (Å²) in [5, 5.41) is 27.1. The van der Waals surface area contributed by atoms with Crippen molar-refractivity contribution in [3.05, 3.63) is 39.2 Å². The first-order chi connectivity index (χ1) is 9.90. The van der Waals surface area contributed by atoms with Gasteiger partial charge in [-0.25, -0.2) is 5.43 Å². The molecule has 0 fully saturated rings. The Bertz CT molecular complexity index is 705. The van der Waals surface area contributed by atoms with E-state index in [0.717, 1.165) is 0 Å². The molecule has 0 unspecified atom stereocenters. The lowest BCUT2D eigenvalue weighted by Crippen LogP contribution is -2.23. The molecule has 1 amide bonds. The topological polar surface area (TPSA) is 99.7 Å². The van der Waals surface area contributed by atoms with Gasteiger partial charge in [-0.2, -0.15) is 10.2 Å². The van der Waals surface area contributed by atoms with Crippen LogP contribution in [0.25, 0.3) is 0 Å². The van der Waals surface area contributed by atoms with Crippen LogP contribution in [0.15, 0.2) is 29.5 Å². The Morgan fingerprint density at radius 2 is 2.14 bits per heavy atom. The molecule has 0 saturated heterocycles. The molecule has 110 valence electrons. The third kappa shape index (κ3) is 3.32. The molecule has 1 heterocycles. The van der Waals surface area contributed by atoms with Crippen molar-refractivity contribution in [3.8, 4) is 11.5 Å². The minimum atomic E-state index is -0.404. The second-order valence-corrected chi connectivity index (χ2v) is 5.47. The van der Waals surface area contributed by atoms with Crippen LogP contribution in [0, 0.1) is 3.57 Å². The van der Waals surface area contributed by atoms with E-state index in [1.165, 1.54) is 22.9 Å². The van der Waals surface area contributed by atoms with Gasteiger partial charge < -0.3 is 10.2 Å². The molecule has 0 aliphatic carbocycles. The van der Waals surface area contributed by atoms with Crippen LogP contribution < -0.4 is 5.43 Å². The van der Waals surface area contributed by atoms with Gasteiger partial charge in [0.15, 0.2) is 0 Å². The van der Waals surface area contributed by atoms with E-state index in [1.54, 1.807) is 20.2 Å². The quantitative estimate of drug-likeness (QED) is 0.315. The van der Waals surface area contributed by atoms with Crippen LogP contribution >= 0.6 is 22.6 Å². The number of carbonyl (C=O) groups is 1. The molecule has 2 rings (SSSR count). The van der Waals surface area contributed by atoms with Crippen LogP contribution in [0.4, 0.5) is 0 Å². The molecule has 1 aromatic carbocycles. The Hall–Kier alpha value is -2.10. The Morgan fingerprint density at radius 1 is 1.43 bits per heavy atom. The molecule has 8 heteroatoms. The van der Waals surface area contributed by atoms with Gasteiger partial charge in [-0.15, -0.1) is 0 Å².